The van der Waals surface area contributed by atoms with Gasteiger partial charge in [-0.2, -0.15) is 0 Å². The van der Waals surface area contributed by atoms with Crippen molar-refractivity contribution in [2.75, 3.05) is 13.2 Å². The number of hydrogen-bond donors (Lipinski definition) is 3. The monoisotopic (exact) mass is 459 g/mol. The molecule has 3 heterocycles. The van der Waals surface area contributed by atoms with Crippen LogP contribution in [0.1, 0.15) is 39.2 Å². The molecular weight excluding hydrogens is 426 g/mol. The number of likely N-dealkylation sites (tertiary alicyclic amines) is 1. The van der Waals surface area contributed by atoms with Crippen LogP contribution in [-0.4, -0.2) is 63.0 Å². The zero-order valence-electron chi connectivity index (χ0n) is 18.9. The van der Waals surface area contributed by atoms with Crippen molar-refractivity contribution in [2.45, 2.75) is 62.2 Å². The van der Waals surface area contributed by atoms with Gasteiger partial charge in [-0.05, 0) is 38.2 Å². The predicted molar refractivity (Wildman–Crippen MR) is 124 cm³/mol. The molecule has 0 radical (unpaired) electrons. The summed E-state index contributed by atoms with van der Waals surface area (Å²) >= 11 is 1.67. The summed E-state index contributed by atoms with van der Waals surface area (Å²) < 4.78 is -0.606. The van der Waals surface area contributed by atoms with Crippen LogP contribution in [0.4, 0.5) is 0 Å². The van der Waals surface area contributed by atoms with Gasteiger partial charge in [0.15, 0.2) is 0 Å². The summed E-state index contributed by atoms with van der Waals surface area (Å²) in [5.74, 6) is -1.19. The smallest absolute Gasteiger partial charge is 0.244 e. The number of hydrogen-bond acceptors (Lipinski definition) is 5. The van der Waals surface area contributed by atoms with E-state index in [0.29, 0.717) is 19.5 Å². The average Bonchev–Trinajstić information content (AvgIpc) is 3.34. The van der Waals surface area contributed by atoms with E-state index >= 15 is 0 Å². The number of rotatable bonds is 8. The van der Waals surface area contributed by atoms with E-state index in [1.54, 1.807) is 16.7 Å². The van der Waals surface area contributed by atoms with Crippen molar-refractivity contribution in [2.24, 2.45) is 17.8 Å². The van der Waals surface area contributed by atoms with Crippen LogP contribution in [0.25, 0.3) is 0 Å². The zero-order chi connectivity index (χ0) is 23.0. The van der Waals surface area contributed by atoms with Crippen LogP contribution in [0.2, 0.25) is 0 Å². The Hall–Kier alpha value is -2.06. The van der Waals surface area contributed by atoms with Gasteiger partial charge in [0.2, 0.25) is 17.7 Å². The summed E-state index contributed by atoms with van der Waals surface area (Å²) in [5, 5.41) is 15.5. The molecule has 3 N–H and O–H groups in total. The minimum Gasteiger partial charge on any atom is -0.396 e. The van der Waals surface area contributed by atoms with Crippen LogP contribution < -0.4 is 10.6 Å². The SMILES string of the molecule is CC(C)NC(=O)C1N(CCCO)C(=O)[C@@H]2[C@@H](C(=O)NCc3ccccc3)[C@H]3CC(C)C12S3. The maximum atomic E-state index is 13.7. The molecular formula is C24H33N3O4S. The van der Waals surface area contributed by atoms with E-state index in [-0.39, 0.29) is 41.5 Å². The standard InChI is InChI=1S/C24H33N3O4S/c1-14(2)26-22(30)20-24-15(3)12-17(32-24)18(19(24)23(31)27(20)10-7-11-28)21(29)25-13-16-8-5-4-6-9-16/h4-6,8-9,14-15,17-20,28H,7,10-13H2,1-3H3,(H,25,29)(H,26,30)/t15?,17-,18+,19+,20?,24?/m1/s1. The molecule has 2 bridgehead atoms. The lowest BCUT2D eigenvalue weighted by Crippen LogP contribution is -2.57. The summed E-state index contributed by atoms with van der Waals surface area (Å²) in [6.07, 6.45) is 1.23. The van der Waals surface area contributed by atoms with Crippen molar-refractivity contribution in [3.8, 4) is 0 Å². The molecule has 0 aromatic heterocycles. The summed E-state index contributed by atoms with van der Waals surface area (Å²) in [6.45, 7) is 6.61. The average molecular weight is 460 g/mol. The second-order valence-corrected chi connectivity index (χ2v) is 11.1. The number of aliphatic hydroxyl groups excluding tert-OH is 1. The quantitative estimate of drug-likeness (QED) is 0.548. The molecule has 32 heavy (non-hydrogen) atoms. The summed E-state index contributed by atoms with van der Waals surface area (Å²) in [5.41, 5.74) is 1.01. The lowest BCUT2D eigenvalue weighted by Gasteiger charge is -2.39. The number of amides is 3. The topological polar surface area (TPSA) is 98.7 Å². The molecule has 3 saturated heterocycles. The van der Waals surface area contributed by atoms with Gasteiger partial charge in [0.1, 0.15) is 6.04 Å². The fourth-order valence-corrected chi connectivity index (χ4v) is 8.29. The lowest BCUT2D eigenvalue weighted by molar-refractivity contribution is -0.140. The Morgan fingerprint density at radius 2 is 1.97 bits per heavy atom. The van der Waals surface area contributed by atoms with Crippen LogP contribution in [0.3, 0.4) is 0 Å². The third kappa shape index (κ3) is 3.71. The number of nitrogens with one attached hydrogen (secondary N) is 2. The second-order valence-electron chi connectivity index (χ2n) is 9.53. The molecule has 3 aliphatic heterocycles. The minimum absolute atomic E-state index is 0.0315. The predicted octanol–water partition coefficient (Wildman–Crippen LogP) is 1.55. The first-order valence-corrected chi connectivity index (χ1v) is 12.4. The Bertz CT molecular complexity index is 879. The molecule has 4 rings (SSSR count). The molecule has 0 saturated carbocycles. The fraction of sp³-hybridized carbons (Fsp3) is 0.625. The highest BCUT2D eigenvalue weighted by atomic mass is 32.2. The Balaban J connectivity index is 1.63. The number of aliphatic hydroxyl groups is 1. The molecule has 6 atom stereocenters. The third-order valence-corrected chi connectivity index (χ3v) is 9.17. The first-order chi connectivity index (χ1) is 15.3. The number of thioether (sulfide) groups is 1. The Kier molecular flexibility index (Phi) is 6.54. The molecule has 3 unspecified atom stereocenters. The largest absolute Gasteiger partial charge is 0.396 e. The number of nitrogens with zero attached hydrogens (tertiary/aromatic N) is 1. The van der Waals surface area contributed by atoms with E-state index in [9.17, 15) is 19.5 Å². The normalized spacial score (nSPS) is 33.0. The van der Waals surface area contributed by atoms with Gasteiger partial charge in [0, 0.05) is 31.0 Å². The highest BCUT2D eigenvalue weighted by Gasteiger charge is 2.75. The molecule has 8 heteroatoms. The number of benzene rings is 1. The van der Waals surface area contributed by atoms with Gasteiger partial charge >= 0.3 is 0 Å². The molecule has 7 nitrogen and oxygen atoms in total. The molecule has 0 aliphatic carbocycles. The van der Waals surface area contributed by atoms with E-state index in [2.05, 4.69) is 17.6 Å². The van der Waals surface area contributed by atoms with Gasteiger partial charge in [-0.15, -0.1) is 11.8 Å². The van der Waals surface area contributed by atoms with Gasteiger partial charge in [-0.3, -0.25) is 14.4 Å². The first kappa shape index (κ1) is 23.1. The van der Waals surface area contributed by atoms with E-state index in [0.717, 1.165) is 12.0 Å². The maximum absolute atomic E-state index is 13.7. The molecule has 3 amide bonds. The van der Waals surface area contributed by atoms with Crippen LogP contribution in [0.5, 0.6) is 0 Å². The van der Waals surface area contributed by atoms with Gasteiger partial charge < -0.3 is 20.6 Å². The van der Waals surface area contributed by atoms with E-state index in [4.69, 9.17) is 0 Å². The summed E-state index contributed by atoms with van der Waals surface area (Å²) in [7, 11) is 0. The van der Waals surface area contributed by atoms with Gasteiger partial charge in [-0.25, -0.2) is 0 Å². The van der Waals surface area contributed by atoms with Gasteiger partial charge in [-0.1, -0.05) is 37.3 Å². The Labute approximate surface area is 193 Å². The van der Waals surface area contributed by atoms with Crippen LogP contribution >= 0.6 is 11.8 Å². The van der Waals surface area contributed by atoms with Crippen molar-refractivity contribution >= 4 is 29.5 Å². The minimum atomic E-state index is -0.620. The zero-order valence-corrected chi connectivity index (χ0v) is 19.7. The molecule has 3 aliphatic rings. The third-order valence-electron chi connectivity index (χ3n) is 7.09. The highest BCUT2D eigenvalue weighted by Crippen LogP contribution is 2.68. The number of carbonyl (C=O) groups is 3. The van der Waals surface area contributed by atoms with Gasteiger partial charge in [0.05, 0.1) is 16.6 Å². The fourth-order valence-electron chi connectivity index (χ4n) is 5.87. The maximum Gasteiger partial charge on any atom is 0.244 e. The van der Waals surface area contributed by atoms with Crippen molar-refractivity contribution in [3.63, 3.8) is 0 Å². The first-order valence-electron chi connectivity index (χ1n) is 11.5. The summed E-state index contributed by atoms with van der Waals surface area (Å²) in [4.78, 5) is 42.0. The number of carbonyl (C=O) groups excluding carboxylic acids is 3. The Morgan fingerprint density at radius 1 is 1.25 bits per heavy atom. The summed E-state index contributed by atoms with van der Waals surface area (Å²) in [6, 6.07) is 9.06. The Morgan fingerprint density at radius 3 is 2.62 bits per heavy atom. The van der Waals surface area contributed by atoms with Crippen LogP contribution in [0, 0.1) is 17.8 Å². The van der Waals surface area contributed by atoms with E-state index in [1.165, 1.54) is 0 Å². The molecule has 1 spiro atoms. The highest BCUT2D eigenvalue weighted by molar-refractivity contribution is 8.02. The van der Waals surface area contributed by atoms with Crippen molar-refractivity contribution < 1.29 is 19.5 Å². The lowest BCUT2D eigenvalue weighted by atomic mass is 9.66. The van der Waals surface area contributed by atoms with Gasteiger partial charge in [0.25, 0.3) is 0 Å². The number of fused-ring (bicyclic) bond motifs is 1. The van der Waals surface area contributed by atoms with Crippen LogP contribution in [-0.2, 0) is 20.9 Å². The van der Waals surface area contributed by atoms with Crippen LogP contribution in [0.15, 0.2) is 30.3 Å². The van der Waals surface area contributed by atoms with E-state index < -0.39 is 22.6 Å². The van der Waals surface area contributed by atoms with Crippen molar-refractivity contribution in [1.29, 1.82) is 0 Å². The molecule has 3 fully saturated rings. The van der Waals surface area contributed by atoms with Crippen molar-refractivity contribution in [1.82, 2.24) is 15.5 Å². The molecule has 1 aromatic carbocycles. The molecule has 174 valence electrons. The van der Waals surface area contributed by atoms with E-state index in [1.807, 2.05) is 44.2 Å². The second kappa shape index (κ2) is 9.06. The van der Waals surface area contributed by atoms with Crippen molar-refractivity contribution in [3.05, 3.63) is 35.9 Å². The molecule has 1 aromatic rings.